The van der Waals surface area contributed by atoms with Crippen molar-refractivity contribution in [1.82, 2.24) is 9.88 Å². The molecule has 1 aromatic heterocycles. The van der Waals surface area contributed by atoms with Crippen molar-refractivity contribution in [3.63, 3.8) is 0 Å². The van der Waals surface area contributed by atoms with Gasteiger partial charge in [-0.25, -0.2) is 0 Å². The van der Waals surface area contributed by atoms with Gasteiger partial charge in [0.1, 0.15) is 5.92 Å². The number of carbonyl (C=O) groups is 1. The molecule has 0 saturated heterocycles. The van der Waals surface area contributed by atoms with Crippen LogP contribution in [0.4, 0.5) is 0 Å². The Morgan fingerprint density at radius 1 is 1.62 bits per heavy atom. The molecule has 86 valence electrons. The molecule has 1 rings (SSSR count). The molecular weight excluding hydrogens is 202 g/mol. The van der Waals surface area contributed by atoms with Crippen LogP contribution in [0.25, 0.3) is 0 Å². The summed E-state index contributed by atoms with van der Waals surface area (Å²) in [6.07, 6.45) is 1.92. The molecule has 1 heterocycles. The minimum atomic E-state index is -0.569. The van der Waals surface area contributed by atoms with Crippen molar-refractivity contribution < 1.29 is 4.79 Å². The van der Waals surface area contributed by atoms with E-state index in [1.54, 1.807) is 0 Å². The summed E-state index contributed by atoms with van der Waals surface area (Å²) in [5.74, 6) is -0.725. The first-order valence-corrected chi connectivity index (χ1v) is 5.33. The van der Waals surface area contributed by atoms with Crippen molar-refractivity contribution in [2.75, 3.05) is 0 Å². The third kappa shape index (κ3) is 2.86. The second-order valence-electron chi connectivity index (χ2n) is 4.18. The first-order valence-electron chi connectivity index (χ1n) is 5.33. The summed E-state index contributed by atoms with van der Waals surface area (Å²) < 4.78 is 1.94. The number of hydrogen-bond acceptors (Lipinski definition) is 2. The standard InChI is InChI=1S/C12H17N3O/c1-9(2)11(7-13)12(16)14-8-10-5-4-6-15(10)3/h4-6,9,11H,8H2,1-3H3,(H,14,16). The van der Waals surface area contributed by atoms with E-state index in [-0.39, 0.29) is 11.8 Å². The number of nitriles is 1. The van der Waals surface area contributed by atoms with Gasteiger partial charge in [0.15, 0.2) is 0 Å². The quantitative estimate of drug-likeness (QED) is 0.833. The Morgan fingerprint density at radius 3 is 2.75 bits per heavy atom. The van der Waals surface area contributed by atoms with E-state index >= 15 is 0 Å². The molecule has 1 aromatic rings. The van der Waals surface area contributed by atoms with Crippen LogP contribution < -0.4 is 5.32 Å². The Bertz CT molecular complexity index is 401. The molecule has 0 fully saturated rings. The van der Waals surface area contributed by atoms with Crippen LogP contribution in [0.2, 0.25) is 0 Å². The summed E-state index contributed by atoms with van der Waals surface area (Å²) in [5, 5.41) is 11.6. The lowest BCUT2D eigenvalue weighted by Crippen LogP contribution is -2.32. The lowest BCUT2D eigenvalue weighted by molar-refractivity contribution is -0.124. The number of carbonyl (C=O) groups excluding carboxylic acids is 1. The van der Waals surface area contributed by atoms with Crippen molar-refractivity contribution in [1.29, 1.82) is 5.26 Å². The molecule has 0 aromatic carbocycles. The zero-order chi connectivity index (χ0) is 12.1. The van der Waals surface area contributed by atoms with Crippen molar-refractivity contribution in [3.8, 4) is 6.07 Å². The summed E-state index contributed by atoms with van der Waals surface area (Å²) in [4.78, 5) is 11.7. The molecule has 1 unspecified atom stereocenters. The molecule has 4 nitrogen and oxygen atoms in total. The van der Waals surface area contributed by atoms with Gasteiger partial charge < -0.3 is 9.88 Å². The number of nitrogens with one attached hydrogen (secondary N) is 1. The van der Waals surface area contributed by atoms with E-state index in [0.717, 1.165) is 5.69 Å². The van der Waals surface area contributed by atoms with Crippen LogP contribution in [-0.4, -0.2) is 10.5 Å². The van der Waals surface area contributed by atoms with Gasteiger partial charge in [0.25, 0.3) is 0 Å². The highest BCUT2D eigenvalue weighted by atomic mass is 16.1. The largest absolute Gasteiger partial charge is 0.353 e. The molecule has 1 atom stereocenters. The van der Waals surface area contributed by atoms with E-state index in [0.29, 0.717) is 6.54 Å². The fourth-order valence-corrected chi connectivity index (χ4v) is 1.48. The summed E-state index contributed by atoms with van der Waals surface area (Å²) in [7, 11) is 1.92. The summed E-state index contributed by atoms with van der Waals surface area (Å²) in [5.41, 5.74) is 1.02. The Labute approximate surface area is 95.9 Å². The average molecular weight is 219 g/mol. The van der Waals surface area contributed by atoms with Gasteiger partial charge in [-0.2, -0.15) is 5.26 Å². The Kier molecular flexibility index (Phi) is 4.12. The fraction of sp³-hybridized carbons (Fsp3) is 0.500. The molecule has 0 bridgehead atoms. The van der Waals surface area contributed by atoms with Gasteiger partial charge in [-0.05, 0) is 18.1 Å². The van der Waals surface area contributed by atoms with Gasteiger partial charge >= 0.3 is 0 Å². The van der Waals surface area contributed by atoms with E-state index in [9.17, 15) is 4.79 Å². The third-order valence-electron chi connectivity index (χ3n) is 2.58. The van der Waals surface area contributed by atoms with Gasteiger partial charge in [-0.3, -0.25) is 4.79 Å². The molecule has 0 aliphatic heterocycles. The highest BCUT2D eigenvalue weighted by Gasteiger charge is 2.21. The van der Waals surface area contributed by atoms with Crippen molar-refractivity contribution >= 4 is 5.91 Å². The average Bonchev–Trinajstić information content (AvgIpc) is 2.61. The maximum atomic E-state index is 11.7. The SMILES string of the molecule is CC(C)C(C#N)C(=O)NCc1cccn1C. The predicted octanol–water partition coefficient (Wildman–Crippen LogP) is 1.44. The van der Waals surface area contributed by atoms with E-state index in [1.807, 2.05) is 49.9 Å². The minimum Gasteiger partial charge on any atom is -0.353 e. The van der Waals surface area contributed by atoms with E-state index in [2.05, 4.69) is 5.32 Å². The smallest absolute Gasteiger partial charge is 0.237 e. The van der Waals surface area contributed by atoms with Gasteiger partial charge in [-0.1, -0.05) is 13.8 Å². The number of rotatable bonds is 4. The lowest BCUT2D eigenvalue weighted by Gasteiger charge is -2.13. The lowest BCUT2D eigenvalue weighted by atomic mass is 9.97. The predicted molar refractivity (Wildman–Crippen MR) is 61.2 cm³/mol. The molecule has 4 heteroatoms. The van der Waals surface area contributed by atoms with E-state index in [1.165, 1.54) is 0 Å². The summed E-state index contributed by atoms with van der Waals surface area (Å²) in [6, 6.07) is 5.89. The maximum absolute atomic E-state index is 11.7. The second kappa shape index (κ2) is 5.36. The zero-order valence-electron chi connectivity index (χ0n) is 9.90. The fourth-order valence-electron chi connectivity index (χ4n) is 1.48. The monoisotopic (exact) mass is 219 g/mol. The Morgan fingerprint density at radius 2 is 2.31 bits per heavy atom. The van der Waals surface area contributed by atoms with E-state index in [4.69, 9.17) is 5.26 Å². The highest BCUT2D eigenvalue weighted by Crippen LogP contribution is 2.09. The number of hydrogen-bond donors (Lipinski definition) is 1. The normalized spacial score (nSPS) is 12.2. The number of nitrogens with zero attached hydrogens (tertiary/aromatic N) is 2. The van der Waals surface area contributed by atoms with Gasteiger partial charge in [0, 0.05) is 18.9 Å². The molecule has 0 radical (unpaired) electrons. The Balaban J connectivity index is 2.53. The van der Waals surface area contributed by atoms with Crippen LogP contribution in [0.3, 0.4) is 0 Å². The topological polar surface area (TPSA) is 57.8 Å². The molecular formula is C12H17N3O. The first-order chi connectivity index (χ1) is 7.56. The van der Waals surface area contributed by atoms with Crippen LogP contribution in [-0.2, 0) is 18.4 Å². The second-order valence-corrected chi connectivity index (χ2v) is 4.18. The molecule has 0 spiro atoms. The van der Waals surface area contributed by atoms with Crippen LogP contribution in [0.15, 0.2) is 18.3 Å². The summed E-state index contributed by atoms with van der Waals surface area (Å²) in [6.45, 7) is 4.21. The van der Waals surface area contributed by atoms with E-state index < -0.39 is 5.92 Å². The summed E-state index contributed by atoms with van der Waals surface area (Å²) >= 11 is 0. The number of aromatic nitrogens is 1. The molecule has 16 heavy (non-hydrogen) atoms. The molecule has 0 aliphatic rings. The van der Waals surface area contributed by atoms with Crippen molar-refractivity contribution in [2.45, 2.75) is 20.4 Å². The van der Waals surface area contributed by atoms with Crippen LogP contribution in [0, 0.1) is 23.2 Å². The van der Waals surface area contributed by atoms with Crippen LogP contribution >= 0.6 is 0 Å². The zero-order valence-corrected chi connectivity index (χ0v) is 9.90. The van der Waals surface area contributed by atoms with Gasteiger partial charge in [0.2, 0.25) is 5.91 Å². The van der Waals surface area contributed by atoms with Crippen molar-refractivity contribution in [2.24, 2.45) is 18.9 Å². The van der Waals surface area contributed by atoms with Gasteiger partial charge in [0.05, 0.1) is 12.6 Å². The van der Waals surface area contributed by atoms with Crippen LogP contribution in [0.5, 0.6) is 0 Å². The number of amides is 1. The molecule has 1 amide bonds. The first kappa shape index (κ1) is 12.3. The highest BCUT2D eigenvalue weighted by molar-refractivity contribution is 5.81. The third-order valence-corrected chi connectivity index (χ3v) is 2.58. The Hall–Kier alpha value is -1.76. The molecule has 0 saturated carbocycles. The van der Waals surface area contributed by atoms with Crippen LogP contribution in [0.1, 0.15) is 19.5 Å². The van der Waals surface area contributed by atoms with Crippen molar-refractivity contribution in [3.05, 3.63) is 24.0 Å². The van der Waals surface area contributed by atoms with Gasteiger partial charge in [-0.15, -0.1) is 0 Å². The minimum absolute atomic E-state index is 0.0402. The molecule has 1 N–H and O–H groups in total. The number of aryl methyl sites for hydroxylation is 1. The molecule has 0 aliphatic carbocycles. The maximum Gasteiger partial charge on any atom is 0.237 e.